The number of halogens is 1. The fourth-order valence-electron chi connectivity index (χ4n) is 2.73. The summed E-state index contributed by atoms with van der Waals surface area (Å²) in [5, 5.41) is 3.74. The number of anilines is 1. The van der Waals surface area contributed by atoms with Crippen LogP contribution in [-0.4, -0.2) is 40.6 Å². The van der Waals surface area contributed by atoms with E-state index >= 15 is 0 Å². The van der Waals surface area contributed by atoms with Crippen LogP contribution in [-0.2, 0) is 11.2 Å². The monoisotopic (exact) mass is 360 g/mol. The molecule has 0 fully saturated rings. The highest BCUT2D eigenvalue weighted by molar-refractivity contribution is 6.30. The summed E-state index contributed by atoms with van der Waals surface area (Å²) in [6.07, 6.45) is 0.367. The Morgan fingerprint density at radius 2 is 1.68 bits per heavy atom. The van der Waals surface area contributed by atoms with E-state index < -0.39 is 0 Å². The number of rotatable bonds is 7. The smallest absolute Gasteiger partial charge is 0.224 e. The Labute approximate surface area is 155 Å². The van der Waals surface area contributed by atoms with Crippen molar-refractivity contribution in [1.82, 2.24) is 5.32 Å². The Bertz CT molecular complexity index is 681. The van der Waals surface area contributed by atoms with Crippen LogP contribution < -0.4 is 15.1 Å². The average molecular weight is 361 g/mol. The fourth-order valence-corrected chi connectivity index (χ4v) is 2.85. The minimum atomic E-state index is 0.0264. The van der Waals surface area contributed by atoms with Gasteiger partial charge in [0.2, 0.25) is 5.91 Å². The van der Waals surface area contributed by atoms with Crippen molar-refractivity contribution in [2.75, 3.05) is 39.6 Å². The molecule has 2 aromatic carbocycles. The van der Waals surface area contributed by atoms with Gasteiger partial charge in [-0.05, 0) is 29.8 Å². The van der Waals surface area contributed by atoms with Gasteiger partial charge < -0.3 is 15.1 Å². The van der Waals surface area contributed by atoms with Crippen LogP contribution in [0.15, 0.2) is 48.5 Å². The van der Waals surface area contributed by atoms with E-state index in [4.69, 9.17) is 11.6 Å². The summed E-state index contributed by atoms with van der Waals surface area (Å²) in [5.74, 6) is 0.0264. The number of carbonyl (C=O) groups excluding carboxylic acids is 1. The van der Waals surface area contributed by atoms with Crippen LogP contribution in [0.25, 0.3) is 0 Å². The molecule has 0 radical (unpaired) electrons. The standard InChI is InChI=1S/C20H26ClN3O/c1-23(2)18-11-7-16(8-12-18)19(24(3)4)14-22-20(25)13-15-5-9-17(21)10-6-15/h5-12,19H,13-14H2,1-4H3,(H,22,25)/p+1/t19-/m1/s1. The van der Waals surface area contributed by atoms with Gasteiger partial charge in [-0.1, -0.05) is 35.9 Å². The second kappa shape index (κ2) is 8.88. The molecule has 0 aliphatic heterocycles. The second-order valence-electron chi connectivity index (χ2n) is 6.72. The fraction of sp³-hybridized carbons (Fsp3) is 0.350. The summed E-state index contributed by atoms with van der Waals surface area (Å²) in [6, 6.07) is 16.1. The third-order valence-corrected chi connectivity index (χ3v) is 4.54. The zero-order valence-corrected chi connectivity index (χ0v) is 16.1. The summed E-state index contributed by atoms with van der Waals surface area (Å²) >= 11 is 5.88. The first-order chi connectivity index (χ1) is 11.9. The first kappa shape index (κ1) is 19.3. The van der Waals surface area contributed by atoms with E-state index in [1.54, 1.807) is 0 Å². The molecule has 0 saturated carbocycles. The number of benzene rings is 2. The Hall–Kier alpha value is -2.04. The largest absolute Gasteiger partial charge is 0.378 e. The first-order valence-corrected chi connectivity index (χ1v) is 8.83. The lowest BCUT2D eigenvalue weighted by Gasteiger charge is -2.23. The van der Waals surface area contributed by atoms with Gasteiger partial charge in [-0.2, -0.15) is 0 Å². The van der Waals surface area contributed by atoms with Crippen LogP contribution in [0.3, 0.4) is 0 Å². The SMILES string of the molecule is CN(C)c1ccc([C@@H](CNC(=O)Cc2ccc(Cl)cc2)[NH+](C)C)cc1. The lowest BCUT2D eigenvalue weighted by atomic mass is 10.0. The van der Waals surface area contributed by atoms with Gasteiger partial charge >= 0.3 is 0 Å². The Balaban J connectivity index is 1.96. The summed E-state index contributed by atoms with van der Waals surface area (Å²) in [7, 11) is 8.27. The van der Waals surface area contributed by atoms with E-state index in [0.29, 0.717) is 18.0 Å². The number of quaternary nitrogens is 1. The van der Waals surface area contributed by atoms with Gasteiger partial charge in [0.1, 0.15) is 6.04 Å². The third-order valence-electron chi connectivity index (χ3n) is 4.29. The maximum atomic E-state index is 12.2. The molecule has 1 amide bonds. The second-order valence-corrected chi connectivity index (χ2v) is 7.16. The molecule has 0 saturated heterocycles. The number of carbonyl (C=O) groups is 1. The summed E-state index contributed by atoms with van der Waals surface area (Å²) < 4.78 is 0. The van der Waals surface area contributed by atoms with E-state index in [9.17, 15) is 4.79 Å². The van der Waals surface area contributed by atoms with Crippen molar-refractivity contribution in [3.63, 3.8) is 0 Å². The molecule has 0 spiro atoms. The van der Waals surface area contributed by atoms with Crippen molar-refractivity contribution < 1.29 is 9.69 Å². The van der Waals surface area contributed by atoms with Crippen molar-refractivity contribution in [2.24, 2.45) is 0 Å². The van der Waals surface area contributed by atoms with Gasteiger partial charge in [0.25, 0.3) is 0 Å². The molecule has 0 aliphatic rings. The molecule has 2 rings (SSSR count). The normalized spacial score (nSPS) is 12.1. The van der Waals surface area contributed by atoms with Gasteiger partial charge in [0.05, 0.1) is 27.1 Å². The number of amides is 1. The first-order valence-electron chi connectivity index (χ1n) is 8.45. The van der Waals surface area contributed by atoms with Crippen LogP contribution in [0.4, 0.5) is 5.69 Å². The average Bonchev–Trinajstić information content (AvgIpc) is 2.57. The van der Waals surface area contributed by atoms with E-state index in [0.717, 1.165) is 5.56 Å². The molecule has 25 heavy (non-hydrogen) atoms. The molecule has 134 valence electrons. The lowest BCUT2D eigenvalue weighted by molar-refractivity contribution is -0.890. The molecule has 0 aliphatic carbocycles. The molecule has 1 atom stereocenters. The van der Waals surface area contributed by atoms with E-state index in [2.05, 4.69) is 48.6 Å². The quantitative estimate of drug-likeness (QED) is 0.792. The number of nitrogens with one attached hydrogen (secondary N) is 2. The van der Waals surface area contributed by atoms with Crippen molar-refractivity contribution in [3.05, 3.63) is 64.7 Å². The van der Waals surface area contributed by atoms with E-state index in [1.165, 1.54) is 16.2 Å². The van der Waals surface area contributed by atoms with Gasteiger partial charge in [-0.15, -0.1) is 0 Å². The van der Waals surface area contributed by atoms with Gasteiger partial charge in [-0.25, -0.2) is 0 Å². The van der Waals surface area contributed by atoms with Crippen LogP contribution >= 0.6 is 11.6 Å². The zero-order chi connectivity index (χ0) is 18.4. The third kappa shape index (κ3) is 5.76. The van der Waals surface area contributed by atoms with Crippen LogP contribution in [0.1, 0.15) is 17.2 Å². The highest BCUT2D eigenvalue weighted by atomic mass is 35.5. The molecule has 0 unspecified atom stereocenters. The molecular formula is C20H27ClN3O+. The Morgan fingerprint density at radius 3 is 2.20 bits per heavy atom. The van der Waals surface area contributed by atoms with Crippen LogP contribution in [0.2, 0.25) is 5.02 Å². The molecule has 0 heterocycles. The Morgan fingerprint density at radius 1 is 1.08 bits per heavy atom. The van der Waals surface area contributed by atoms with E-state index in [1.807, 2.05) is 38.4 Å². The maximum Gasteiger partial charge on any atom is 0.224 e. The summed E-state index contributed by atoms with van der Waals surface area (Å²) in [6.45, 7) is 0.607. The minimum Gasteiger partial charge on any atom is -0.378 e. The topological polar surface area (TPSA) is 36.8 Å². The van der Waals surface area contributed by atoms with Crippen molar-refractivity contribution >= 4 is 23.2 Å². The molecule has 5 heteroatoms. The van der Waals surface area contributed by atoms with Gasteiger partial charge in [0.15, 0.2) is 0 Å². The molecular weight excluding hydrogens is 334 g/mol. The van der Waals surface area contributed by atoms with Gasteiger partial charge in [-0.3, -0.25) is 4.79 Å². The highest BCUT2D eigenvalue weighted by Gasteiger charge is 2.19. The predicted molar refractivity (Wildman–Crippen MR) is 104 cm³/mol. The number of nitrogens with zero attached hydrogens (tertiary/aromatic N) is 1. The van der Waals surface area contributed by atoms with Crippen LogP contribution in [0.5, 0.6) is 0 Å². The molecule has 0 aromatic heterocycles. The minimum absolute atomic E-state index is 0.0264. The van der Waals surface area contributed by atoms with E-state index in [-0.39, 0.29) is 11.9 Å². The number of likely N-dealkylation sites (N-methyl/N-ethyl adjacent to an activating group) is 1. The van der Waals surface area contributed by atoms with Crippen molar-refractivity contribution in [3.8, 4) is 0 Å². The van der Waals surface area contributed by atoms with Crippen molar-refractivity contribution in [1.29, 1.82) is 0 Å². The molecule has 4 nitrogen and oxygen atoms in total. The number of hydrogen-bond donors (Lipinski definition) is 2. The molecule has 2 N–H and O–H groups in total. The number of hydrogen-bond acceptors (Lipinski definition) is 2. The predicted octanol–water partition coefficient (Wildman–Crippen LogP) is 1.95. The molecule has 2 aromatic rings. The summed E-state index contributed by atoms with van der Waals surface area (Å²) in [4.78, 5) is 15.6. The Kier molecular flexibility index (Phi) is 6.85. The summed E-state index contributed by atoms with van der Waals surface area (Å²) in [5.41, 5.74) is 3.35. The molecule has 0 bridgehead atoms. The zero-order valence-electron chi connectivity index (χ0n) is 15.3. The van der Waals surface area contributed by atoms with Crippen molar-refractivity contribution in [2.45, 2.75) is 12.5 Å². The highest BCUT2D eigenvalue weighted by Crippen LogP contribution is 2.16. The maximum absolute atomic E-state index is 12.2. The lowest BCUT2D eigenvalue weighted by Crippen LogP contribution is -3.07. The van der Waals surface area contributed by atoms with Crippen LogP contribution in [0, 0.1) is 0 Å². The van der Waals surface area contributed by atoms with Gasteiger partial charge in [0, 0.05) is 30.4 Å².